The van der Waals surface area contributed by atoms with Crippen molar-refractivity contribution in [3.63, 3.8) is 0 Å². The Morgan fingerprint density at radius 3 is 2.93 bits per heavy atom. The monoisotopic (exact) mass is 429 g/mol. The molecule has 0 bridgehead atoms. The summed E-state index contributed by atoms with van der Waals surface area (Å²) in [4.78, 5) is 29.4. The topological polar surface area (TPSA) is 81.8 Å². The van der Waals surface area contributed by atoms with Gasteiger partial charge in [-0.15, -0.1) is 11.3 Å². The molecule has 0 saturated heterocycles. The van der Waals surface area contributed by atoms with Crippen molar-refractivity contribution in [3.05, 3.63) is 68.0 Å². The lowest BCUT2D eigenvalue weighted by atomic mass is 10.1. The molecule has 1 aliphatic heterocycles. The highest BCUT2D eigenvalue weighted by Gasteiger charge is 2.22. The number of carbonyl (C=O) groups is 1. The van der Waals surface area contributed by atoms with Gasteiger partial charge in [-0.25, -0.2) is 18.9 Å². The summed E-state index contributed by atoms with van der Waals surface area (Å²) in [7, 11) is 0. The molecule has 1 unspecified atom stereocenters. The number of rotatable bonds is 6. The van der Waals surface area contributed by atoms with Crippen molar-refractivity contribution >= 4 is 17.2 Å². The quantitative estimate of drug-likeness (QED) is 0.653. The summed E-state index contributed by atoms with van der Waals surface area (Å²) in [6.07, 6.45) is 2.61. The third-order valence-corrected chi connectivity index (χ3v) is 6.16. The second-order valence-corrected chi connectivity index (χ2v) is 8.61. The van der Waals surface area contributed by atoms with E-state index in [9.17, 15) is 14.0 Å². The minimum atomic E-state index is -0.283. The van der Waals surface area contributed by atoms with E-state index in [1.165, 1.54) is 10.7 Å². The first-order valence-corrected chi connectivity index (χ1v) is 11.0. The molecule has 30 heavy (non-hydrogen) atoms. The zero-order valence-electron chi connectivity index (χ0n) is 16.8. The summed E-state index contributed by atoms with van der Waals surface area (Å²) in [6, 6.07) is 6.49. The van der Waals surface area contributed by atoms with Gasteiger partial charge in [-0.2, -0.15) is 5.10 Å². The number of halogens is 1. The average Bonchev–Trinajstić information content (AvgIpc) is 3.19. The van der Waals surface area contributed by atoms with Gasteiger partial charge in [0, 0.05) is 30.8 Å². The Bertz CT molecular complexity index is 1100. The molecule has 4 rings (SSSR count). The van der Waals surface area contributed by atoms with Crippen LogP contribution in [0.15, 0.2) is 34.4 Å². The number of nitrogens with zero attached hydrogens (tertiary/aromatic N) is 4. The van der Waals surface area contributed by atoms with Crippen LogP contribution in [0.5, 0.6) is 0 Å². The van der Waals surface area contributed by atoms with Gasteiger partial charge in [-0.1, -0.05) is 18.2 Å². The lowest BCUT2D eigenvalue weighted by Gasteiger charge is -2.16. The molecule has 3 heterocycles. The van der Waals surface area contributed by atoms with Gasteiger partial charge in [0.1, 0.15) is 11.6 Å². The Balaban J connectivity index is 1.33. The van der Waals surface area contributed by atoms with Gasteiger partial charge in [-0.05, 0) is 37.8 Å². The average molecular weight is 430 g/mol. The number of nitrogens with one attached hydrogen (secondary N) is 1. The first kappa shape index (κ1) is 20.5. The predicted octanol–water partition coefficient (Wildman–Crippen LogP) is 2.45. The van der Waals surface area contributed by atoms with Gasteiger partial charge in [0.05, 0.1) is 17.2 Å². The van der Waals surface area contributed by atoms with Crippen molar-refractivity contribution in [2.45, 2.75) is 58.2 Å². The standard InChI is InChI=1S/C21H24FN5O2S/c1-14-23-17(13-30-14)12-27-21(29)26-11-10-16(7-8-19(26)25-27)24-20(28)9-6-15-4-2-3-5-18(15)22/h2-5,13,16H,6-12H2,1H3,(H,24,28). The molecule has 1 N–H and O–H groups in total. The number of hydrogen-bond donors (Lipinski definition) is 1. The van der Waals surface area contributed by atoms with Gasteiger partial charge in [0.2, 0.25) is 5.91 Å². The van der Waals surface area contributed by atoms with Crippen LogP contribution in [0, 0.1) is 12.7 Å². The summed E-state index contributed by atoms with van der Waals surface area (Å²) >= 11 is 1.55. The molecule has 9 heteroatoms. The van der Waals surface area contributed by atoms with Gasteiger partial charge in [-0.3, -0.25) is 9.36 Å². The van der Waals surface area contributed by atoms with Crippen LogP contribution >= 0.6 is 11.3 Å². The van der Waals surface area contributed by atoms with Gasteiger partial charge in [0.15, 0.2) is 0 Å². The van der Waals surface area contributed by atoms with E-state index in [-0.39, 0.29) is 29.9 Å². The first-order chi connectivity index (χ1) is 14.5. The fraction of sp³-hybridized carbons (Fsp3) is 0.429. The molecule has 0 radical (unpaired) electrons. The van der Waals surface area contributed by atoms with Crippen molar-refractivity contribution in [1.82, 2.24) is 24.6 Å². The number of thiazole rings is 1. The Kier molecular flexibility index (Phi) is 6.08. The van der Waals surface area contributed by atoms with Crippen molar-refractivity contribution in [3.8, 4) is 0 Å². The SMILES string of the molecule is Cc1nc(Cn2nc3n(c2=O)CCC(NC(=O)CCc2ccccc2F)CC3)cs1. The maximum atomic E-state index is 13.7. The molecule has 1 atom stereocenters. The summed E-state index contributed by atoms with van der Waals surface area (Å²) in [5, 5.41) is 10.4. The highest BCUT2D eigenvalue weighted by Crippen LogP contribution is 2.14. The molecule has 1 amide bonds. The zero-order valence-corrected chi connectivity index (χ0v) is 17.6. The van der Waals surface area contributed by atoms with Crippen LogP contribution in [-0.4, -0.2) is 31.3 Å². The van der Waals surface area contributed by atoms with Crippen LogP contribution in [-0.2, 0) is 30.7 Å². The zero-order chi connectivity index (χ0) is 21.1. The van der Waals surface area contributed by atoms with Crippen LogP contribution in [0.2, 0.25) is 0 Å². The third-order valence-electron chi connectivity index (χ3n) is 5.34. The number of benzene rings is 1. The Hall–Kier alpha value is -2.81. The van der Waals surface area contributed by atoms with Crippen molar-refractivity contribution in [1.29, 1.82) is 0 Å². The van der Waals surface area contributed by atoms with Crippen LogP contribution in [0.3, 0.4) is 0 Å². The number of aromatic nitrogens is 4. The molecule has 1 aliphatic rings. The lowest BCUT2D eigenvalue weighted by molar-refractivity contribution is -0.121. The van der Waals surface area contributed by atoms with E-state index in [1.807, 2.05) is 12.3 Å². The molecule has 0 aliphatic carbocycles. The highest BCUT2D eigenvalue weighted by atomic mass is 32.1. The molecule has 158 valence electrons. The van der Waals surface area contributed by atoms with E-state index in [1.54, 1.807) is 34.1 Å². The van der Waals surface area contributed by atoms with E-state index in [0.29, 0.717) is 37.9 Å². The Morgan fingerprint density at radius 1 is 1.33 bits per heavy atom. The molecule has 0 saturated carbocycles. The van der Waals surface area contributed by atoms with E-state index in [0.717, 1.165) is 22.9 Å². The minimum absolute atomic E-state index is 0.0196. The normalized spacial score (nSPS) is 16.1. The summed E-state index contributed by atoms with van der Waals surface area (Å²) in [5.41, 5.74) is 1.25. The van der Waals surface area contributed by atoms with Crippen molar-refractivity contribution < 1.29 is 9.18 Å². The minimum Gasteiger partial charge on any atom is -0.353 e. The van der Waals surface area contributed by atoms with Crippen LogP contribution in [0.25, 0.3) is 0 Å². The van der Waals surface area contributed by atoms with E-state index < -0.39 is 0 Å². The second kappa shape index (κ2) is 8.91. The van der Waals surface area contributed by atoms with Gasteiger partial charge >= 0.3 is 5.69 Å². The molecule has 0 spiro atoms. The smallest absolute Gasteiger partial charge is 0.346 e. The number of fused-ring (bicyclic) bond motifs is 1. The molecular weight excluding hydrogens is 405 g/mol. The summed E-state index contributed by atoms with van der Waals surface area (Å²) in [6.45, 7) is 2.83. The molecule has 1 aromatic carbocycles. The molecule has 2 aromatic heterocycles. The molecule has 0 fully saturated rings. The summed E-state index contributed by atoms with van der Waals surface area (Å²) in [5.74, 6) is 0.364. The van der Waals surface area contributed by atoms with Crippen molar-refractivity contribution in [2.24, 2.45) is 0 Å². The van der Waals surface area contributed by atoms with Gasteiger partial charge < -0.3 is 5.32 Å². The number of aryl methyl sites for hydroxylation is 3. The number of hydrogen-bond acceptors (Lipinski definition) is 5. The second-order valence-electron chi connectivity index (χ2n) is 7.55. The summed E-state index contributed by atoms with van der Waals surface area (Å²) < 4.78 is 16.9. The Morgan fingerprint density at radius 2 is 2.17 bits per heavy atom. The predicted molar refractivity (Wildman–Crippen MR) is 112 cm³/mol. The highest BCUT2D eigenvalue weighted by molar-refractivity contribution is 7.09. The number of carbonyl (C=O) groups excluding carboxylic acids is 1. The number of amides is 1. The van der Waals surface area contributed by atoms with Gasteiger partial charge in [0.25, 0.3) is 0 Å². The van der Waals surface area contributed by atoms with E-state index in [4.69, 9.17) is 0 Å². The fourth-order valence-electron chi connectivity index (χ4n) is 3.76. The van der Waals surface area contributed by atoms with Crippen molar-refractivity contribution in [2.75, 3.05) is 0 Å². The lowest BCUT2D eigenvalue weighted by Crippen LogP contribution is -2.36. The van der Waals surface area contributed by atoms with E-state index in [2.05, 4.69) is 15.4 Å². The Labute approximate surface area is 177 Å². The largest absolute Gasteiger partial charge is 0.353 e. The van der Waals surface area contributed by atoms with Crippen LogP contribution in [0.1, 0.15) is 41.4 Å². The maximum absolute atomic E-state index is 13.7. The van der Waals surface area contributed by atoms with Crippen LogP contribution < -0.4 is 11.0 Å². The fourth-order valence-corrected chi connectivity index (χ4v) is 4.36. The molecule has 7 nitrogen and oxygen atoms in total. The third kappa shape index (κ3) is 4.67. The molecular formula is C21H24FN5O2S. The van der Waals surface area contributed by atoms with E-state index >= 15 is 0 Å². The molecule has 3 aromatic rings. The first-order valence-electron chi connectivity index (χ1n) is 10.1. The maximum Gasteiger partial charge on any atom is 0.346 e. The van der Waals surface area contributed by atoms with Crippen LogP contribution in [0.4, 0.5) is 4.39 Å².